The van der Waals surface area contributed by atoms with Crippen molar-refractivity contribution >= 4 is 56.2 Å². The Kier molecular flexibility index (Phi) is 4.33. The number of hydrogen-bond acceptors (Lipinski definition) is 3. The lowest BCUT2D eigenvalue weighted by Crippen LogP contribution is -2.03. The highest BCUT2D eigenvalue weighted by molar-refractivity contribution is 6.31. The Morgan fingerprint density at radius 1 is 0.933 bits per heavy atom. The molecule has 0 saturated heterocycles. The van der Waals surface area contributed by atoms with Crippen molar-refractivity contribution in [1.29, 1.82) is 0 Å². The van der Waals surface area contributed by atoms with Crippen LogP contribution in [0.15, 0.2) is 71.3 Å². The molecule has 6 heteroatoms. The van der Waals surface area contributed by atoms with Crippen molar-refractivity contribution in [2.75, 3.05) is 0 Å². The summed E-state index contributed by atoms with van der Waals surface area (Å²) in [7, 11) is 0. The smallest absolute Gasteiger partial charge is 0.303 e. The molecule has 0 saturated carbocycles. The highest BCUT2D eigenvalue weighted by Crippen LogP contribution is 2.35. The Morgan fingerprint density at radius 2 is 1.73 bits per heavy atom. The van der Waals surface area contributed by atoms with E-state index in [0.717, 1.165) is 33.1 Å². The number of aromatic nitrogens is 1. The third-order valence-corrected chi connectivity index (χ3v) is 5.51. The maximum atomic E-state index is 12.8. The molecule has 148 valence electrons. The van der Waals surface area contributed by atoms with Gasteiger partial charge in [0, 0.05) is 39.4 Å². The van der Waals surface area contributed by atoms with Crippen LogP contribution in [0.4, 0.5) is 0 Å². The van der Waals surface area contributed by atoms with Crippen LogP contribution in [-0.2, 0) is 4.79 Å². The monoisotopic (exact) mass is 417 g/mol. The average molecular weight is 418 g/mol. The van der Waals surface area contributed by atoms with E-state index in [9.17, 15) is 9.59 Å². The van der Waals surface area contributed by atoms with E-state index in [2.05, 4.69) is 0 Å². The van der Waals surface area contributed by atoms with Gasteiger partial charge in [0.2, 0.25) is 0 Å². The van der Waals surface area contributed by atoms with Crippen LogP contribution >= 0.6 is 11.6 Å². The van der Waals surface area contributed by atoms with E-state index in [0.29, 0.717) is 16.0 Å². The molecule has 5 aromatic rings. The summed E-state index contributed by atoms with van der Waals surface area (Å²) < 4.78 is 8.06. The number of halogens is 1. The summed E-state index contributed by atoms with van der Waals surface area (Å²) in [5.41, 5.74) is 3.55. The summed E-state index contributed by atoms with van der Waals surface area (Å²) in [6, 6.07) is 19.1. The molecular weight excluding hydrogens is 402 g/mol. The molecule has 0 aliphatic carbocycles. The van der Waals surface area contributed by atoms with Gasteiger partial charge in [-0.1, -0.05) is 41.9 Å². The second kappa shape index (κ2) is 7.04. The number of ketones is 1. The van der Waals surface area contributed by atoms with E-state index in [-0.39, 0.29) is 18.6 Å². The maximum Gasteiger partial charge on any atom is 0.303 e. The Morgan fingerprint density at radius 3 is 2.57 bits per heavy atom. The van der Waals surface area contributed by atoms with Crippen molar-refractivity contribution in [3.05, 3.63) is 77.4 Å². The molecule has 5 rings (SSSR count). The Hall–Kier alpha value is -3.57. The van der Waals surface area contributed by atoms with E-state index in [1.165, 1.54) is 0 Å². The third-order valence-electron chi connectivity index (χ3n) is 5.28. The molecule has 5 nitrogen and oxygen atoms in total. The number of furan rings is 1. The van der Waals surface area contributed by atoms with Crippen LogP contribution < -0.4 is 0 Å². The Bertz CT molecular complexity index is 1460. The summed E-state index contributed by atoms with van der Waals surface area (Å²) in [5, 5.41) is 12.1. The van der Waals surface area contributed by atoms with Gasteiger partial charge in [-0.15, -0.1) is 0 Å². The number of carbonyl (C=O) groups excluding carboxylic acids is 1. The summed E-state index contributed by atoms with van der Waals surface area (Å²) in [4.78, 5) is 23.7. The fourth-order valence-corrected chi connectivity index (χ4v) is 4.07. The Balaban J connectivity index is 1.75. The highest BCUT2D eigenvalue weighted by Gasteiger charge is 2.19. The number of aliphatic carboxylic acids is 1. The second-order valence-corrected chi connectivity index (χ2v) is 7.58. The Labute approximate surface area is 176 Å². The van der Waals surface area contributed by atoms with Crippen LogP contribution in [0.25, 0.3) is 38.5 Å². The van der Waals surface area contributed by atoms with E-state index in [4.69, 9.17) is 21.1 Å². The molecule has 3 aromatic carbocycles. The number of rotatable bonds is 5. The fraction of sp³-hybridized carbons (Fsp3) is 0.0833. The molecule has 2 aromatic heterocycles. The summed E-state index contributed by atoms with van der Waals surface area (Å²) in [6.07, 6.45) is 1.45. The molecule has 0 radical (unpaired) electrons. The first-order valence-electron chi connectivity index (χ1n) is 9.49. The maximum absolute atomic E-state index is 12.8. The molecule has 1 N–H and O–H groups in total. The number of carboxylic acids is 1. The van der Waals surface area contributed by atoms with Gasteiger partial charge in [-0.2, -0.15) is 0 Å². The van der Waals surface area contributed by atoms with Gasteiger partial charge in [0.1, 0.15) is 5.58 Å². The topological polar surface area (TPSA) is 72.4 Å². The van der Waals surface area contributed by atoms with Gasteiger partial charge in [-0.05, 0) is 30.3 Å². The second-order valence-electron chi connectivity index (χ2n) is 7.14. The standard InChI is InChI=1S/C24H16ClNO4/c25-14-8-9-19-17(12-14)18(21(27)10-11-23(28)29)13-26(19)20-6-3-5-16-15-4-1-2-7-22(15)30-24(16)20/h1-9,12-13H,10-11H2,(H,28,29). The minimum absolute atomic E-state index is 0.0736. The normalized spacial score (nSPS) is 11.5. The number of benzene rings is 3. The first-order valence-corrected chi connectivity index (χ1v) is 9.87. The lowest BCUT2D eigenvalue weighted by Gasteiger charge is -2.06. The minimum Gasteiger partial charge on any atom is -0.481 e. The van der Waals surface area contributed by atoms with Gasteiger partial charge < -0.3 is 14.1 Å². The first-order chi connectivity index (χ1) is 14.5. The molecule has 0 aliphatic heterocycles. The number of nitrogens with zero attached hydrogens (tertiary/aromatic N) is 1. The molecule has 0 fully saturated rings. The first kappa shape index (κ1) is 18.5. The number of carbonyl (C=O) groups is 2. The number of fused-ring (bicyclic) bond motifs is 4. The molecule has 0 bridgehead atoms. The predicted octanol–water partition coefficient (Wildman–Crippen LogP) is 6.23. The van der Waals surface area contributed by atoms with Crippen molar-refractivity contribution in [3.63, 3.8) is 0 Å². The fourth-order valence-electron chi connectivity index (χ4n) is 3.90. The zero-order valence-electron chi connectivity index (χ0n) is 15.8. The van der Waals surface area contributed by atoms with Crippen molar-refractivity contribution < 1.29 is 19.1 Å². The van der Waals surface area contributed by atoms with E-state index in [1.807, 2.05) is 53.1 Å². The summed E-state index contributed by atoms with van der Waals surface area (Å²) in [6.45, 7) is 0. The summed E-state index contributed by atoms with van der Waals surface area (Å²) >= 11 is 6.19. The zero-order chi connectivity index (χ0) is 20.8. The van der Waals surface area contributed by atoms with E-state index in [1.54, 1.807) is 18.3 Å². The number of carboxylic acid groups (broad SMARTS) is 1. The van der Waals surface area contributed by atoms with Crippen molar-refractivity contribution in [1.82, 2.24) is 4.57 Å². The zero-order valence-corrected chi connectivity index (χ0v) is 16.5. The van der Waals surface area contributed by atoms with Crippen LogP contribution in [0, 0.1) is 0 Å². The van der Waals surface area contributed by atoms with Crippen molar-refractivity contribution in [2.45, 2.75) is 12.8 Å². The van der Waals surface area contributed by atoms with Crippen LogP contribution in [0.1, 0.15) is 23.2 Å². The number of Topliss-reactive ketones (excluding diaryl/α,β-unsaturated/α-hetero) is 1. The van der Waals surface area contributed by atoms with Crippen molar-refractivity contribution in [3.8, 4) is 5.69 Å². The van der Waals surface area contributed by atoms with Gasteiger partial charge in [-0.3, -0.25) is 9.59 Å². The van der Waals surface area contributed by atoms with Crippen molar-refractivity contribution in [2.24, 2.45) is 0 Å². The molecule has 30 heavy (non-hydrogen) atoms. The molecule has 0 aliphatic rings. The van der Waals surface area contributed by atoms with Crippen LogP contribution in [0.2, 0.25) is 5.02 Å². The molecule has 0 unspecified atom stereocenters. The molecule has 0 spiro atoms. The number of hydrogen-bond donors (Lipinski definition) is 1. The highest BCUT2D eigenvalue weighted by atomic mass is 35.5. The molecule has 2 heterocycles. The quantitative estimate of drug-likeness (QED) is 0.344. The lowest BCUT2D eigenvalue weighted by atomic mass is 10.1. The van der Waals surface area contributed by atoms with Crippen LogP contribution in [0.5, 0.6) is 0 Å². The largest absolute Gasteiger partial charge is 0.481 e. The summed E-state index contributed by atoms with van der Waals surface area (Å²) in [5.74, 6) is -1.24. The van der Waals surface area contributed by atoms with E-state index >= 15 is 0 Å². The van der Waals surface area contributed by atoms with E-state index < -0.39 is 5.97 Å². The predicted molar refractivity (Wildman–Crippen MR) is 117 cm³/mol. The molecule has 0 amide bonds. The van der Waals surface area contributed by atoms with Gasteiger partial charge in [0.05, 0.1) is 17.6 Å². The minimum atomic E-state index is -1.00. The molecular formula is C24H16ClNO4. The SMILES string of the molecule is O=C(O)CCC(=O)c1cn(-c2cccc3c2oc2ccccc23)c2ccc(Cl)cc12. The molecule has 0 atom stereocenters. The lowest BCUT2D eigenvalue weighted by molar-refractivity contribution is -0.136. The van der Waals surface area contributed by atoms with Gasteiger partial charge in [-0.25, -0.2) is 0 Å². The third kappa shape index (κ3) is 2.95. The van der Waals surface area contributed by atoms with Gasteiger partial charge in [0.15, 0.2) is 11.4 Å². The number of para-hydroxylation sites is 2. The van der Waals surface area contributed by atoms with Crippen LogP contribution in [-0.4, -0.2) is 21.4 Å². The van der Waals surface area contributed by atoms with Crippen LogP contribution in [0.3, 0.4) is 0 Å². The average Bonchev–Trinajstić information content (AvgIpc) is 3.30. The van der Waals surface area contributed by atoms with Gasteiger partial charge >= 0.3 is 5.97 Å². The van der Waals surface area contributed by atoms with Gasteiger partial charge in [0.25, 0.3) is 0 Å².